The molecule has 0 radical (unpaired) electrons. The molecule has 1 spiro atoms. The van der Waals surface area contributed by atoms with Crippen LogP contribution in [0.2, 0.25) is 0 Å². The summed E-state index contributed by atoms with van der Waals surface area (Å²) < 4.78 is 6.27. The van der Waals surface area contributed by atoms with Crippen LogP contribution in [-0.2, 0) is 21.6 Å². The average Bonchev–Trinajstić information content (AvgIpc) is 3.13. The van der Waals surface area contributed by atoms with E-state index in [1.54, 1.807) is 0 Å². The van der Waals surface area contributed by atoms with E-state index in [1.807, 2.05) is 23.7 Å². The summed E-state index contributed by atoms with van der Waals surface area (Å²) in [5.74, 6) is 1.47. The van der Waals surface area contributed by atoms with Crippen LogP contribution < -0.4 is 10.6 Å². The lowest BCUT2D eigenvalue weighted by atomic mass is 9.85. The smallest absolute Gasteiger partial charge is 0.290 e. The fourth-order valence-corrected chi connectivity index (χ4v) is 5.06. The van der Waals surface area contributed by atoms with Gasteiger partial charge in [0.1, 0.15) is 17.2 Å². The van der Waals surface area contributed by atoms with E-state index in [0.29, 0.717) is 5.82 Å². The summed E-state index contributed by atoms with van der Waals surface area (Å²) in [6, 6.07) is 4.13. The van der Waals surface area contributed by atoms with Crippen LogP contribution in [0.25, 0.3) is 0 Å². The first-order valence-electron chi connectivity index (χ1n) is 8.34. The molecule has 2 aliphatic heterocycles. The van der Waals surface area contributed by atoms with Gasteiger partial charge in [-0.2, -0.15) is 0 Å². The number of thioether (sulfide) groups is 1. The van der Waals surface area contributed by atoms with Gasteiger partial charge in [0.15, 0.2) is 5.16 Å². The zero-order valence-corrected chi connectivity index (χ0v) is 16.2. The van der Waals surface area contributed by atoms with E-state index < -0.39 is 0 Å². The number of anilines is 2. The second-order valence-electron chi connectivity index (χ2n) is 6.10. The van der Waals surface area contributed by atoms with Crippen LogP contribution in [-0.4, -0.2) is 47.5 Å². The lowest BCUT2D eigenvalue weighted by Crippen LogP contribution is -2.46. The van der Waals surface area contributed by atoms with Crippen molar-refractivity contribution in [2.45, 2.75) is 30.0 Å². The SMILES string of the molecule is CSc1nc(N)cc(N2CCC3(CC2)OCCc2ccsc23)n1.O=CO. The van der Waals surface area contributed by atoms with Crippen molar-refractivity contribution in [2.24, 2.45) is 0 Å². The molecular formula is C17H22N4O3S2. The minimum absolute atomic E-state index is 0.0842. The Bertz CT molecular complexity index is 760. The Morgan fingerprint density at radius 2 is 2.15 bits per heavy atom. The van der Waals surface area contributed by atoms with Gasteiger partial charge in [-0.1, -0.05) is 11.8 Å². The van der Waals surface area contributed by atoms with Crippen molar-refractivity contribution in [3.8, 4) is 0 Å². The fraction of sp³-hybridized carbons (Fsp3) is 0.471. The fourth-order valence-electron chi connectivity index (χ4n) is 3.51. The van der Waals surface area contributed by atoms with Crippen molar-refractivity contribution in [2.75, 3.05) is 36.6 Å². The van der Waals surface area contributed by atoms with Crippen LogP contribution >= 0.6 is 23.1 Å². The largest absolute Gasteiger partial charge is 0.483 e. The molecule has 7 nitrogen and oxygen atoms in total. The Labute approximate surface area is 160 Å². The molecule has 4 heterocycles. The number of aromatic nitrogens is 2. The zero-order valence-electron chi connectivity index (χ0n) is 14.6. The summed E-state index contributed by atoms with van der Waals surface area (Å²) in [5, 5.41) is 9.82. The van der Waals surface area contributed by atoms with Crippen LogP contribution in [0.1, 0.15) is 23.3 Å². The third-order valence-electron chi connectivity index (χ3n) is 4.70. The molecule has 1 fully saturated rings. The molecule has 2 aromatic heterocycles. The van der Waals surface area contributed by atoms with Crippen molar-refractivity contribution in [3.05, 3.63) is 28.0 Å². The summed E-state index contributed by atoms with van der Waals surface area (Å²) in [4.78, 5) is 20.9. The van der Waals surface area contributed by atoms with Crippen LogP contribution in [0.3, 0.4) is 0 Å². The number of hydrogen-bond donors (Lipinski definition) is 2. The van der Waals surface area contributed by atoms with Gasteiger partial charge in [-0.05, 0) is 42.5 Å². The summed E-state index contributed by atoms with van der Waals surface area (Å²) in [5.41, 5.74) is 7.31. The van der Waals surface area contributed by atoms with Gasteiger partial charge in [-0.25, -0.2) is 9.97 Å². The standard InChI is InChI=1S/C16H20N4OS2.CH2O2/c1-22-15-18-12(17)10-13(19-15)20-6-4-16(5-7-20)14-11(2-8-21-16)3-9-23-14;2-1-3/h3,9-10H,2,4-8H2,1H3,(H2,17,18,19);1H,(H,2,3). The maximum absolute atomic E-state index is 8.36. The Hall–Kier alpha value is -1.84. The van der Waals surface area contributed by atoms with E-state index in [1.165, 1.54) is 22.2 Å². The van der Waals surface area contributed by atoms with Crippen LogP contribution in [0.5, 0.6) is 0 Å². The second kappa shape index (κ2) is 8.24. The van der Waals surface area contributed by atoms with Gasteiger partial charge >= 0.3 is 0 Å². The predicted octanol–water partition coefficient (Wildman–Crippen LogP) is 2.61. The lowest BCUT2D eigenvalue weighted by Gasteiger charge is -2.44. The number of nitrogen functional groups attached to an aromatic ring is 1. The highest BCUT2D eigenvalue weighted by molar-refractivity contribution is 7.98. The molecule has 1 saturated heterocycles. The number of piperidine rings is 1. The molecule has 0 saturated carbocycles. The molecule has 3 N–H and O–H groups in total. The van der Waals surface area contributed by atoms with E-state index in [0.717, 1.165) is 49.9 Å². The summed E-state index contributed by atoms with van der Waals surface area (Å²) in [6.07, 6.45) is 5.01. The first-order valence-corrected chi connectivity index (χ1v) is 10.4. The van der Waals surface area contributed by atoms with Gasteiger partial charge in [-0.15, -0.1) is 11.3 Å². The number of carbonyl (C=O) groups is 1. The Balaban J connectivity index is 0.000000613. The monoisotopic (exact) mass is 394 g/mol. The van der Waals surface area contributed by atoms with Gasteiger partial charge in [0.2, 0.25) is 0 Å². The van der Waals surface area contributed by atoms with Gasteiger partial charge in [0.25, 0.3) is 6.47 Å². The lowest BCUT2D eigenvalue weighted by molar-refractivity contribution is -0.122. The summed E-state index contributed by atoms with van der Waals surface area (Å²) in [6.45, 7) is 2.45. The quantitative estimate of drug-likeness (QED) is 0.455. The number of ether oxygens (including phenoxy) is 1. The predicted molar refractivity (Wildman–Crippen MR) is 104 cm³/mol. The number of hydrogen-bond acceptors (Lipinski definition) is 8. The van der Waals surface area contributed by atoms with Gasteiger partial charge in [0.05, 0.1) is 6.61 Å². The maximum Gasteiger partial charge on any atom is 0.290 e. The highest BCUT2D eigenvalue weighted by atomic mass is 32.2. The Kier molecular flexibility index (Phi) is 6.00. The first kappa shape index (κ1) is 18.9. The molecule has 2 aromatic rings. The third kappa shape index (κ3) is 3.79. The molecule has 0 unspecified atom stereocenters. The molecule has 4 rings (SSSR count). The number of carboxylic acid groups (broad SMARTS) is 1. The maximum atomic E-state index is 8.36. The highest BCUT2D eigenvalue weighted by Crippen LogP contribution is 2.44. The second-order valence-corrected chi connectivity index (χ2v) is 7.79. The van der Waals surface area contributed by atoms with E-state index in [9.17, 15) is 0 Å². The molecule has 0 aliphatic carbocycles. The molecule has 9 heteroatoms. The summed E-state index contributed by atoms with van der Waals surface area (Å²) in [7, 11) is 0. The topological polar surface area (TPSA) is 102 Å². The molecule has 26 heavy (non-hydrogen) atoms. The number of nitrogens with two attached hydrogens (primary N) is 1. The van der Waals surface area contributed by atoms with E-state index in [4.69, 9.17) is 20.4 Å². The normalized spacial score (nSPS) is 18.0. The molecular weight excluding hydrogens is 372 g/mol. The number of rotatable bonds is 2. The van der Waals surface area contributed by atoms with Crippen molar-refractivity contribution < 1.29 is 14.6 Å². The molecule has 0 bridgehead atoms. The molecule has 0 amide bonds. The zero-order chi connectivity index (χ0) is 18.6. The average molecular weight is 395 g/mol. The van der Waals surface area contributed by atoms with E-state index in [2.05, 4.69) is 26.3 Å². The highest BCUT2D eigenvalue weighted by Gasteiger charge is 2.42. The number of fused-ring (bicyclic) bond motifs is 2. The van der Waals surface area contributed by atoms with E-state index in [-0.39, 0.29) is 12.1 Å². The molecule has 0 aromatic carbocycles. The molecule has 0 atom stereocenters. The molecule has 2 aliphatic rings. The van der Waals surface area contributed by atoms with E-state index >= 15 is 0 Å². The number of nitrogens with zero attached hydrogens (tertiary/aromatic N) is 3. The molecule has 140 valence electrons. The minimum Gasteiger partial charge on any atom is -0.483 e. The van der Waals surface area contributed by atoms with Crippen LogP contribution in [0, 0.1) is 0 Å². The van der Waals surface area contributed by atoms with Gasteiger partial charge in [-0.3, -0.25) is 4.79 Å². The van der Waals surface area contributed by atoms with Crippen molar-refractivity contribution in [1.82, 2.24) is 9.97 Å². The van der Waals surface area contributed by atoms with Gasteiger partial charge in [0, 0.05) is 24.0 Å². The first-order chi connectivity index (χ1) is 12.6. The Morgan fingerprint density at radius 1 is 1.42 bits per heavy atom. The van der Waals surface area contributed by atoms with Crippen molar-refractivity contribution in [1.29, 1.82) is 0 Å². The van der Waals surface area contributed by atoms with Crippen molar-refractivity contribution in [3.63, 3.8) is 0 Å². The van der Waals surface area contributed by atoms with Gasteiger partial charge < -0.3 is 20.5 Å². The third-order valence-corrected chi connectivity index (χ3v) is 6.39. The van der Waals surface area contributed by atoms with Crippen LogP contribution in [0.4, 0.5) is 11.6 Å². The number of thiophene rings is 1. The van der Waals surface area contributed by atoms with Crippen LogP contribution in [0.15, 0.2) is 22.7 Å². The summed E-state index contributed by atoms with van der Waals surface area (Å²) >= 11 is 3.37. The Morgan fingerprint density at radius 3 is 2.85 bits per heavy atom. The minimum atomic E-state index is -0.250. The van der Waals surface area contributed by atoms with Crippen molar-refractivity contribution >= 4 is 41.2 Å².